The van der Waals surface area contributed by atoms with E-state index in [2.05, 4.69) is 5.32 Å². The number of carbonyl (C=O) groups excluding carboxylic acids is 2. The Labute approximate surface area is 187 Å². The SMILES string of the molecule is COC(=O)c1ccc(-n2c(C)cc(/C=C(\C#N)C(=O)Nc3ccc(C)c(C)c3)c2C)cc1. The number of anilines is 1. The van der Waals surface area contributed by atoms with E-state index in [-0.39, 0.29) is 5.57 Å². The minimum absolute atomic E-state index is 0.0181. The van der Waals surface area contributed by atoms with Gasteiger partial charge in [0.25, 0.3) is 5.91 Å². The van der Waals surface area contributed by atoms with Crippen molar-refractivity contribution < 1.29 is 14.3 Å². The first kappa shape index (κ1) is 22.6. The van der Waals surface area contributed by atoms with Gasteiger partial charge in [0.05, 0.1) is 12.7 Å². The molecule has 0 saturated heterocycles. The van der Waals surface area contributed by atoms with E-state index >= 15 is 0 Å². The summed E-state index contributed by atoms with van der Waals surface area (Å²) in [5, 5.41) is 12.4. The number of hydrogen-bond acceptors (Lipinski definition) is 4. The van der Waals surface area contributed by atoms with Gasteiger partial charge in [0.2, 0.25) is 0 Å². The number of esters is 1. The fraction of sp³-hybridized carbons (Fsp3) is 0.192. The summed E-state index contributed by atoms with van der Waals surface area (Å²) in [6.07, 6.45) is 1.60. The molecule has 6 heteroatoms. The number of benzene rings is 2. The molecular weight excluding hydrogens is 402 g/mol. The van der Waals surface area contributed by atoms with E-state index < -0.39 is 11.9 Å². The molecule has 3 aromatic rings. The Kier molecular flexibility index (Phi) is 6.60. The third-order valence-corrected chi connectivity index (χ3v) is 5.45. The Morgan fingerprint density at radius 1 is 1.00 bits per heavy atom. The summed E-state index contributed by atoms with van der Waals surface area (Å²) in [7, 11) is 1.35. The largest absolute Gasteiger partial charge is 0.465 e. The van der Waals surface area contributed by atoms with Crippen LogP contribution in [0.2, 0.25) is 0 Å². The predicted octanol–water partition coefficient (Wildman–Crippen LogP) is 5.04. The molecule has 0 radical (unpaired) electrons. The Bertz CT molecular complexity index is 1260. The minimum atomic E-state index is -0.456. The highest BCUT2D eigenvalue weighted by Crippen LogP contribution is 2.24. The van der Waals surface area contributed by atoms with Crippen LogP contribution in [0.25, 0.3) is 11.8 Å². The summed E-state index contributed by atoms with van der Waals surface area (Å²) < 4.78 is 6.75. The molecule has 1 heterocycles. The number of rotatable bonds is 5. The molecule has 2 aromatic carbocycles. The number of amides is 1. The van der Waals surface area contributed by atoms with Crippen LogP contribution in [0.4, 0.5) is 5.69 Å². The van der Waals surface area contributed by atoms with Gasteiger partial charge >= 0.3 is 5.97 Å². The lowest BCUT2D eigenvalue weighted by Gasteiger charge is -2.10. The highest BCUT2D eigenvalue weighted by molar-refractivity contribution is 6.09. The number of ether oxygens (including phenoxy) is 1. The van der Waals surface area contributed by atoms with Crippen LogP contribution >= 0.6 is 0 Å². The molecule has 0 unspecified atom stereocenters. The van der Waals surface area contributed by atoms with E-state index in [0.717, 1.165) is 33.8 Å². The maximum Gasteiger partial charge on any atom is 0.337 e. The number of hydrogen-bond donors (Lipinski definition) is 1. The monoisotopic (exact) mass is 427 g/mol. The standard InChI is InChI=1S/C26H25N3O3/c1-16-6-9-23(12-17(16)2)28-25(30)22(15-27)14-21-13-18(3)29(19(21)4)24-10-7-20(8-11-24)26(31)32-5/h6-14H,1-5H3,(H,28,30)/b22-14+. The van der Waals surface area contributed by atoms with Crippen molar-refractivity contribution in [2.24, 2.45) is 0 Å². The van der Waals surface area contributed by atoms with Crippen LogP contribution in [-0.4, -0.2) is 23.6 Å². The lowest BCUT2D eigenvalue weighted by Crippen LogP contribution is -2.13. The van der Waals surface area contributed by atoms with Crippen LogP contribution in [0, 0.1) is 39.0 Å². The van der Waals surface area contributed by atoms with E-state index in [1.807, 2.05) is 74.7 Å². The maximum absolute atomic E-state index is 12.7. The second kappa shape index (κ2) is 9.36. The van der Waals surface area contributed by atoms with E-state index in [9.17, 15) is 14.9 Å². The summed E-state index contributed by atoms with van der Waals surface area (Å²) >= 11 is 0. The molecule has 0 aliphatic rings. The Hall–Kier alpha value is -4.11. The zero-order valence-corrected chi connectivity index (χ0v) is 18.8. The summed E-state index contributed by atoms with van der Waals surface area (Å²) in [5.74, 6) is -0.849. The van der Waals surface area contributed by atoms with Gasteiger partial charge in [-0.2, -0.15) is 5.26 Å². The van der Waals surface area contributed by atoms with Crippen molar-refractivity contribution in [3.8, 4) is 11.8 Å². The molecule has 3 rings (SSSR count). The highest BCUT2D eigenvalue weighted by atomic mass is 16.5. The first-order valence-electron chi connectivity index (χ1n) is 10.1. The lowest BCUT2D eigenvalue weighted by atomic mass is 10.1. The molecule has 0 aliphatic heterocycles. The molecule has 6 nitrogen and oxygen atoms in total. The smallest absolute Gasteiger partial charge is 0.337 e. The van der Waals surface area contributed by atoms with Gasteiger partial charge in [-0.1, -0.05) is 6.07 Å². The Balaban J connectivity index is 1.90. The summed E-state index contributed by atoms with van der Waals surface area (Å²) in [4.78, 5) is 24.4. The number of nitrogens with zero attached hydrogens (tertiary/aromatic N) is 2. The van der Waals surface area contributed by atoms with Crippen molar-refractivity contribution in [2.75, 3.05) is 12.4 Å². The highest BCUT2D eigenvalue weighted by Gasteiger charge is 2.15. The van der Waals surface area contributed by atoms with Crippen molar-refractivity contribution in [3.05, 3.63) is 87.7 Å². The van der Waals surface area contributed by atoms with Gasteiger partial charge in [0.15, 0.2) is 0 Å². The van der Waals surface area contributed by atoms with E-state index in [1.54, 1.807) is 18.2 Å². The number of carbonyl (C=O) groups is 2. The molecular formula is C26H25N3O3. The molecule has 0 aliphatic carbocycles. The van der Waals surface area contributed by atoms with Gasteiger partial charge in [0.1, 0.15) is 11.6 Å². The van der Waals surface area contributed by atoms with Gasteiger partial charge in [-0.15, -0.1) is 0 Å². The molecule has 0 fully saturated rings. The molecule has 0 saturated carbocycles. The zero-order valence-electron chi connectivity index (χ0n) is 18.8. The predicted molar refractivity (Wildman–Crippen MR) is 125 cm³/mol. The molecule has 1 N–H and O–H groups in total. The number of aromatic nitrogens is 1. The average Bonchev–Trinajstić information content (AvgIpc) is 3.06. The van der Waals surface area contributed by atoms with Crippen molar-refractivity contribution in [2.45, 2.75) is 27.7 Å². The molecule has 162 valence electrons. The van der Waals surface area contributed by atoms with Gasteiger partial charge in [-0.05, 0) is 92.9 Å². The van der Waals surface area contributed by atoms with Crippen LogP contribution in [0.3, 0.4) is 0 Å². The molecule has 0 atom stereocenters. The molecule has 32 heavy (non-hydrogen) atoms. The third kappa shape index (κ3) is 4.62. The van der Waals surface area contributed by atoms with E-state index in [1.165, 1.54) is 7.11 Å². The fourth-order valence-corrected chi connectivity index (χ4v) is 3.52. The number of nitrogens with one attached hydrogen (secondary N) is 1. The van der Waals surface area contributed by atoms with Crippen LogP contribution < -0.4 is 5.32 Å². The molecule has 0 spiro atoms. The van der Waals surface area contributed by atoms with Crippen molar-refractivity contribution in [1.29, 1.82) is 5.26 Å². The summed E-state index contributed by atoms with van der Waals surface area (Å²) in [6.45, 7) is 7.84. The normalized spacial score (nSPS) is 11.1. The van der Waals surface area contributed by atoms with Crippen LogP contribution in [0.5, 0.6) is 0 Å². The van der Waals surface area contributed by atoms with Crippen LogP contribution in [0.15, 0.2) is 54.1 Å². The second-order valence-corrected chi connectivity index (χ2v) is 7.62. The van der Waals surface area contributed by atoms with Gasteiger partial charge < -0.3 is 14.6 Å². The fourth-order valence-electron chi connectivity index (χ4n) is 3.52. The molecule has 1 amide bonds. The topological polar surface area (TPSA) is 84.1 Å². The molecule has 1 aromatic heterocycles. The minimum Gasteiger partial charge on any atom is -0.465 e. The quantitative estimate of drug-likeness (QED) is 0.351. The first-order chi connectivity index (χ1) is 15.2. The lowest BCUT2D eigenvalue weighted by molar-refractivity contribution is -0.112. The Morgan fingerprint density at radius 2 is 1.69 bits per heavy atom. The third-order valence-electron chi connectivity index (χ3n) is 5.45. The second-order valence-electron chi connectivity index (χ2n) is 7.62. The van der Waals surface area contributed by atoms with Crippen LogP contribution in [0.1, 0.15) is 38.4 Å². The number of methoxy groups -OCH3 is 1. The Morgan fingerprint density at radius 3 is 2.28 bits per heavy atom. The van der Waals surface area contributed by atoms with Gasteiger partial charge in [-0.25, -0.2) is 4.79 Å². The van der Waals surface area contributed by atoms with Crippen molar-refractivity contribution >= 4 is 23.6 Å². The van der Waals surface area contributed by atoms with Crippen molar-refractivity contribution in [3.63, 3.8) is 0 Å². The van der Waals surface area contributed by atoms with Gasteiger partial charge in [-0.3, -0.25) is 4.79 Å². The average molecular weight is 428 g/mol. The zero-order chi connectivity index (χ0) is 23.4. The van der Waals surface area contributed by atoms with E-state index in [0.29, 0.717) is 11.3 Å². The number of aryl methyl sites for hydroxylation is 3. The van der Waals surface area contributed by atoms with E-state index in [4.69, 9.17) is 4.74 Å². The van der Waals surface area contributed by atoms with Crippen molar-refractivity contribution in [1.82, 2.24) is 4.57 Å². The first-order valence-corrected chi connectivity index (χ1v) is 10.1. The number of nitriles is 1. The molecule has 0 bridgehead atoms. The van der Waals surface area contributed by atoms with Crippen LogP contribution in [-0.2, 0) is 9.53 Å². The van der Waals surface area contributed by atoms with Gasteiger partial charge in [0, 0.05) is 22.8 Å². The summed E-state index contributed by atoms with van der Waals surface area (Å²) in [6, 6.07) is 16.6. The summed E-state index contributed by atoms with van der Waals surface area (Å²) in [5.41, 5.74) is 6.77. The maximum atomic E-state index is 12.7.